The lowest BCUT2D eigenvalue weighted by Crippen LogP contribution is -1.97. The molecule has 0 atom stereocenters. The van der Waals surface area contributed by atoms with E-state index in [9.17, 15) is 0 Å². The van der Waals surface area contributed by atoms with Gasteiger partial charge in [0.25, 0.3) is 5.89 Å². The van der Waals surface area contributed by atoms with E-state index in [-0.39, 0.29) is 12.2 Å². The van der Waals surface area contributed by atoms with Crippen LogP contribution in [0, 0.1) is 0 Å². The smallest absolute Gasteiger partial charge is 0.257 e. The van der Waals surface area contributed by atoms with Gasteiger partial charge in [-0.25, -0.2) is 0 Å². The van der Waals surface area contributed by atoms with Crippen LogP contribution in [0.25, 0.3) is 11.5 Å². The highest BCUT2D eigenvalue weighted by Gasteiger charge is 2.18. The first-order valence-corrected chi connectivity index (χ1v) is 6.12. The van der Waals surface area contributed by atoms with Gasteiger partial charge in [-0.2, -0.15) is 4.98 Å². The van der Waals surface area contributed by atoms with E-state index in [4.69, 9.17) is 25.6 Å². The second-order valence-electron chi connectivity index (χ2n) is 3.84. The SMILES string of the molecule is ClCc1noc(-c2ccc(C3OCCO3)cc2)n1. The van der Waals surface area contributed by atoms with Crippen molar-refractivity contribution in [2.45, 2.75) is 12.2 Å². The predicted molar refractivity (Wildman–Crippen MR) is 63.9 cm³/mol. The van der Waals surface area contributed by atoms with Crippen molar-refractivity contribution < 1.29 is 14.0 Å². The van der Waals surface area contributed by atoms with Crippen molar-refractivity contribution in [3.63, 3.8) is 0 Å². The third-order valence-electron chi connectivity index (χ3n) is 2.64. The van der Waals surface area contributed by atoms with E-state index in [2.05, 4.69) is 10.1 Å². The van der Waals surface area contributed by atoms with Crippen molar-refractivity contribution in [2.75, 3.05) is 13.2 Å². The monoisotopic (exact) mass is 266 g/mol. The van der Waals surface area contributed by atoms with Gasteiger partial charge in [0.05, 0.1) is 19.1 Å². The minimum Gasteiger partial charge on any atom is -0.346 e. The summed E-state index contributed by atoms with van der Waals surface area (Å²) in [5, 5.41) is 3.74. The molecular weight excluding hydrogens is 256 g/mol. The average molecular weight is 267 g/mol. The summed E-state index contributed by atoms with van der Waals surface area (Å²) >= 11 is 5.62. The molecule has 1 saturated heterocycles. The topological polar surface area (TPSA) is 57.4 Å². The van der Waals surface area contributed by atoms with Crippen LogP contribution < -0.4 is 0 Å². The first kappa shape index (κ1) is 11.6. The first-order valence-electron chi connectivity index (χ1n) is 5.59. The third-order valence-corrected chi connectivity index (χ3v) is 2.88. The second kappa shape index (κ2) is 5.06. The molecule has 0 bridgehead atoms. The fourth-order valence-corrected chi connectivity index (χ4v) is 1.87. The molecule has 18 heavy (non-hydrogen) atoms. The molecule has 1 aromatic carbocycles. The molecule has 0 aliphatic carbocycles. The summed E-state index contributed by atoms with van der Waals surface area (Å²) < 4.78 is 15.9. The fraction of sp³-hybridized carbons (Fsp3) is 0.333. The Hall–Kier alpha value is -1.43. The van der Waals surface area contributed by atoms with Gasteiger partial charge in [-0.05, 0) is 12.1 Å². The van der Waals surface area contributed by atoms with Crippen molar-refractivity contribution in [2.24, 2.45) is 0 Å². The summed E-state index contributed by atoms with van der Waals surface area (Å²) in [6.45, 7) is 1.27. The number of benzene rings is 1. The molecule has 2 aromatic rings. The molecule has 0 spiro atoms. The normalized spacial score (nSPS) is 16.3. The maximum atomic E-state index is 5.62. The summed E-state index contributed by atoms with van der Waals surface area (Å²) in [5.74, 6) is 1.19. The fourth-order valence-electron chi connectivity index (χ4n) is 1.76. The Morgan fingerprint density at radius 1 is 1.17 bits per heavy atom. The van der Waals surface area contributed by atoms with Gasteiger partial charge in [-0.3, -0.25) is 0 Å². The number of ether oxygens (including phenoxy) is 2. The molecule has 0 radical (unpaired) electrons. The summed E-state index contributed by atoms with van der Waals surface area (Å²) in [6, 6.07) is 7.64. The van der Waals surface area contributed by atoms with E-state index < -0.39 is 0 Å². The largest absolute Gasteiger partial charge is 0.346 e. The highest BCUT2D eigenvalue weighted by atomic mass is 35.5. The summed E-state index contributed by atoms with van der Waals surface area (Å²) in [4.78, 5) is 4.15. The lowest BCUT2D eigenvalue weighted by atomic mass is 10.1. The van der Waals surface area contributed by atoms with Gasteiger partial charge in [0.2, 0.25) is 0 Å². The summed E-state index contributed by atoms with van der Waals surface area (Å²) in [6.07, 6.45) is -0.264. The van der Waals surface area contributed by atoms with Crippen LogP contribution in [0.15, 0.2) is 28.8 Å². The van der Waals surface area contributed by atoms with Crippen LogP contribution in [0.4, 0.5) is 0 Å². The third kappa shape index (κ3) is 2.25. The van der Waals surface area contributed by atoms with Crippen molar-refractivity contribution in [1.29, 1.82) is 0 Å². The molecule has 0 amide bonds. The molecule has 1 aliphatic rings. The van der Waals surface area contributed by atoms with E-state index in [1.54, 1.807) is 0 Å². The number of aromatic nitrogens is 2. The lowest BCUT2D eigenvalue weighted by Gasteiger charge is -2.08. The second-order valence-corrected chi connectivity index (χ2v) is 4.11. The Bertz CT molecular complexity index is 520. The molecule has 1 aliphatic heterocycles. The number of alkyl halides is 1. The van der Waals surface area contributed by atoms with E-state index in [0.29, 0.717) is 24.9 Å². The summed E-state index contributed by atoms with van der Waals surface area (Å²) in [5.41, 5.74) is 1.83. The van der Waals surface area contributed by atoms with Crippen molar-refractivity contribution in [1.82, 2.24) is 10.1 Å². The summed E-state index contributed by atoms with van der Waals surface area (Å²) in [7, 11) is 0. The van der Waals surface area contributed by atoms with Gasteiger partial charge in [-0.1, -0.05) is 17.3 Å². The zero-order valence-electron chi connectivity index (χ0n) is 9.51. The zero-order chi connectivity index (χ0) is 12.4. The Labute approximate surface area is 109 Å². The quantitative estimate of drug-likeness (QED) is 0.799. The van der Waals surface area contributed by atoms with E-state index in [1.807, 2.05) is 24.3 Å². The highest BCUT2D eigenvalue weighted by molar-refractivity contribution is 6.16. The zero-order valence-corrected chi connectivity index (χ0v) is 10.3. The van der Waals surface area contributed by atoms with Crippen LogP contribution in [0.2, 0.25) is 0 Å². The van der Waals surface area contributed by atoms with Gasteiger partial charge < -0.3 is 14.0 Å². The number of rotatable bonds is 3. The van der Waals surface area contributed by atoms with Crippen LogP contribution in [0.1, 0.15) is 17.7 Å². The number of nitrogens with zero attached hydrogens (tertiary/aromatic N) is 2. The van der Waals surface area contributed by atoms with E-state index >= 15 is 0 Å². The molecule has 3 rings (SSSR count). The molecule has 0 N–H and O–H groups in total. The van der Waals surface area contributed by atoms with Gasteiger partial charge in [0.1, 0.15) is 0 Å². The van der Waals surface area contributed by atoms with Gasteiger partial charge in [-0.15, -0.1) is 11.6 Å². The Morgan fingerprint density at radius 2 is 1.89 bits per heavy atom. The van der Waals surface area contributed by atoms with Gasteiger partial charge in [0.15, 0.2) is 12.1 Å². The van der Waals surface area contributed by atoms with Gasteiger partial charge in [0, 0.05) is 11.1 Å². The van der Waals surface area contributed by atoms with E-state index in [0.717, 1.165) is 11.1 Å². The van der Waals surface area contributed by atoms with Crippen molar-refractivity contribution in [3.8, 4) is 11.5 Å². The Kier molecular flexibility index (Phi) is 3.27. The molecule has 1 aromatic heterocycles. The molecule has 1 fully saturated rings. The molecule has 0 saturated carbocycles. The van der Waals surface area contributed by atoms with Crippen LogP contribution in [-0.4, -0.2) is 23.4 Å². The minimum absolute atomic E-state index is 0.241. The maximum absolute atomic E-state index is 5.62. The van der Waals surface area contributed by atoms with Crippen LogP contribution in [0.3, 0.4) is 0 Å². The molecule has 6 heteroatoms. The van der Waals surface area contributed by atoms with Gasteiger partial charge >= 0.3 is 0 Å². The lowest BCUT2D eigenvalue weighted by molar-refractivity contribution is -0.0441. The van der Waals surface area contributed by atoms with E-state index in [1.165, 1.54) is 0 Å². The van der Waals surface area contributed by atoms with Crippen LogP contribution >= 0.6 is 11.6 Å². The molecule has 5 nitrogen and oxygen atoms in total. The Balaban J connectivity index is 1.81. The molecule has 0 unspecified atom stereocenters. The average Bonchev–Trinajstić information content (AvgIpc) is 3.10. The predicted octanol–water partition coefficient (Wildman–Crippen LogP) is 2.52. The van der Waals surface area contributed by atoms with Crippen LogP contribution in [-0.2, 0) is 15.4 Å². The maximum Gasteiger partial charge on any atom is 0.257 e. The highest BCUT2D eigenvalue weighted by Crippen LogP contribution is 2.25. The first-order chi connectivity index (χ1) is 8.86. The van der Waals surface area contributed by atoms with Crippen molar-refractivity contribution >= 4 is 11.6 Å². The molecular formula is C12H11ClN2O3. The number of hydrogen-bond acceptors (Lipinski definition) is 5. The molecule has 94 valence electrons. The number of hydrogen-bond donors (Lipinski definition) is 0. The van der Waals surface area contributed by atoms with Crippen LogP contribution in [0.5, 0.6) is 0 Å². The number of halogens is 1. The Morgan fingerprint density at radius 3 is 2.50 bits per heavy atom. The minimum atomic E-state index is -0.264. The standard InChI is InChI=1S/C12H11ClN2O3/c13-7-10-14-11(18-15-10)8-1-3-9(4-2-8)12-16-5-6-17-12/h1-4,12H,5-7H2. The van der Waals surface area contributed by atoms with Crippen molar-refractivity contribution in [3.05, 3.63) is 35.7 Å². The molecule has 2 heterocycles.